The van der Waals surface area contributed by atoms with Crippen LogP contribution in [0.25, 0.3) is 16.7 Å². The molecule has 0 atom stereocenters. The highest BCUT2D eigenvalue weighted by atomic mass is 16.5. The Morgan fingerprint density at radius 1 is 1.13 bits per heavy atom. The highest BCUT2D eigenvalue weighted by Gasteiger charge is 2.13. The number of nitrogens with zero attached hydrogens (tertiary/aromatic N) is 2. The number of aromatic nitrogens is 2. The molecule has 2 heterocycles. The summed E-state index contributed by atoms with van der Waals surface area (Å²) in [5, 5.41) is 0.594. The van der Waals surface area contributed by atoms with Crippen molar-refractivity contribution in [2.24, 2.45) is 5.92 Å². The quantitative estimate of drug-likeness (QED) is 0.737. The van der Waals surface area contributed by atoms with Crippen molar-refractivity contribution in [3.63, 3.8) is 0 Å². The summed E-state index contributed by atoms with van der Waals surface area (Å²) in [4.78, 5) is 17.0. The molecule has 3 rings (SSSR count). The van der Waals surface area contributed by atoms with Crippen LogP contribution in [0.1, 0.15) is 19.5 Å². The van der Waals surface area contributed by atoms with Gasteiger partial charge in [0.1, 0.15) is 0 Å². The molecule has 0 amide bonds. The maximum absolute atomic E-state index is 12.4. The summed E-state index contributed by atoms with van der Waals surface area (Å²) in [6.45, 7) is 6.62. The van der Waals surface area contributed by atoms with Crippen molar-refractivity contribution in [2.45, 2.75) is 20.8 Å². The SMILES string of the molecule is Cc1ccc2c(=O)cc(OCC(C)C)n(-c3ccccc3)c2n1. The zero-order valence-corrected chi connectivity index (χ0v) is 13.6. The standard InChI is InChI=1S/C19H20N2O2/c1-13(2)12-23-18-11-17(22)16-10-9-14(3)20-19(16)21(18)15-7-5-4-6-8-15/h4-11,13H,12H2,1-3H3. The second kappa shape index (κ2) is 6.24. The molecular formula is C19H20N2O2. The van der Waals surface area contributed by atoms with Gasteiger partial charge in [-0.2, -0.15) is 0 Å². The summed E-state index contributed by atoms with van der Waals surface area (Å²) in [6, 6.07) is 15.1. The number of ether oxygens (including phenoxy) is 1. The number of hydrogen-bond donors (Lipinski definition) is 0. The van der Waals surface area contributed by atoms with Crippen LogP contribution in [0.3, 0.4) is 0 Å². The first-order chi connectivity index (χ1) is 11.1. The number of fused-ring (bicyclic) bond motifs is 1. The van der Waals surface area contributed by atoms with E-state index >= 15 is 0 Å². The molecule has 4 nitrogen and oxygen atoms in total. The average molecular weight is 308 g/mol. The molecule has 0 aliphatic heterocycles. The first kappa shape index (κ1) is 15.3. The van der Waals surface area contributed by atoms with Crippen molar-refractivity contribution in [3.8, 4) is 11.6 Å². The molecule has 2 aromatic heterocycles. The fourth-order valence-corrected chi connectivity index (χ4v) is 2.45. The molecule has 0 saturated heterocycles. The third kappa shape index (κ3) is 3.11. The van der Waals surface area contributed by atoms with Gasteiger partial charge in [-0.1, -0.05) is 32.0 Å². The van der Waals surface area contributed by atoms with Crippen molar-refractivity contribution >= 4 is 11.0 Å². The van der Waals surface area contributed by atoms with Crippen LogP contribution in [0.2, 0.25) is 0 Å². The number of pyridine rings is 2. The van der Waals surface area contributed by atoms with E-state index in [9.17, 15) is 4.79 Å². The van der Waals surface area contributed by atoms with Crippen LogP contribution in [0.15, 0.2) is 53.3 Å². The second-order valence-corrected chi connectivity index (χ2v) is 6.05. The van der Waals surface area contributed by atoms with Gasteiger partial charge in [-0.3, -0.25) is 9.36 Å². The molecule has 23 heavy (non-hydrogen) atoms. The van der Waals surface area contributed by atoms with Gasteiger partial charge in [0.15, 0.2) is 11.1 Å². The smallest absolute Gasteiger partial charge is 0.203 e. The van der Waals surface area contributed by atoms with E-state index in [2.05, 4.69) is 18.8 Å². The van der Waals surface area contributed by atoms with Crippen molar-refractivity contribution in [1.29, 1.82) is 0 Å². The number of benzene rings is 1. The van der Waals surface area contributed by atoms with Crippen molar-refractivity contribution in [3.05, 3.63) is 64.4 Å². The molecule has 0 fully saturated rings. The predicted octanol–water partition coefficient (Wildman–Crippen LogP) is 3.73. The van der Waals surface area contributed by atoms with Crippen LogP contribution in [0.5, 0.6) is 5.88 Å². The summed E-state index contributed by atoms with van der Waals surface area (Å²) in [7, 11) is 0. The molecule has 3 aromatic rings. The van der Waals surface area contributed by atoms with Gasteiger partial charge in [0.25, 0.3) is 0 Å². The van der Waals surface area contributed by atoms with E-state index in [-0.39, 0.29) is 5.43 Å². The molecule has 1 aromatic carbocycles. The Morgan fingerprint density at radius 2 is 1.87 bits per heavy atom. The third-order valence-electron chi connectivity index (χ3n) is 3.55. The molecule has 0 unspecified atom stereocenters. The minimum Gasteiger partial charge on any atom is -0.478 e. The summed E-state index contributed by atoms with van der Waals surface area (Å²) in [6.07, 6.45) is 0. The highest BCUT2D eigenvalue weighted by Crippen LogP contribution is 2.23. The Balaban J connectivity index is 2.31. The molecular weight excluding hydrogens is 288 g/mol. The molecule has 0 N–H and O–H groups in total. The van der Waals surface area contributed by atoms with Crippen LogP contribution in [0, 0.1) is 12.8 Å². The summed E-state index contributed by atoms with van der Waals surface area (Å²) >= 11 is 0. The maximum Gasteiger partial charge on any atom is 0.203 e. The van der Waals surface area contributed by atoms with Gasteiger partial charge in [-0.25, -0.2) is 4.98 Å². The normalized spacial score (nSPS) is 11.1. The van der Waals surface area contributed by atoms with Crippen molar-refractivity contribution in [1.82, 2.24) is 9.55 Å². The van der Waals surface area contributed by atoms with E-state index in [1.54, 1.807) is 6.07 Å². The fourth-order valence-electron chi connectivity index (χ4n) is 2.45. The van der Waals surface area contributed by atoms with Crippen LogP contribution >= 0.6 is 0 Å². The molecule has 0 aliphatic rings. The number of aryl methyl sites for hydroxylation is 1. The Labute approximate surface area is 135 Å². The fraction of sp³-hybridized carbons (Fsp3) is 0.263. The lowest BCUT2D eigenvalue weighted by molar-refractivity contribution is 0.256. The van der Waals surface area contributed by atoms with Gasteiger partial charge in [0.05, 0.1) is 17.7 Å². The molecule has 4 heteroatoms. The Bertz CT molecular complexity index is 883. The van der Waals surface area contributed by atoms with E-state index in [0.29, 0.717) is 29.4 Å². The molecule has 0 saturated carbocycles. The Hall–Kier alpha value is -2.62. The first-order valence-corrected chi connectivity index (χ1v) is 7.78. The minimum absolute atomic E-state index is 0.0709. The van der Waals surface area contributed by atoms with Crippen LogP contribution in [0.4, 0.5) is 0 Å². The van der Waals surface area contributed by atoms with Crippen LogP contribution in [-0.2, 0) is 0 Å². The Kier molecular flexibility index (Phi) is 4.15. The van der Waals surface area contributed by atoms with Crippen molar-refractivity contribution in [2.75, 3.05) is 6.61 Å². The number of hydrogen-bond acceptors (Lipinski definition) is 3. The van der Waals surface area contributed by atoms with Gasteiger partial charge in [0, 0.05) is 11.8 Å². The predicted molar refractivity (Wildman–Crippen MR) is 92.4 cm³/mol. The molecule has 0 spiro atoms. The van der Waals surface area contributed by atoms with Crippen LogP contribution < -0.4 is 10.2 Å². The number of rotatable bonds is 4. The van der Waals surface area contributed by atoms with E-state index in [4.69, 9.17) is 4.74 Å². The summed E-state index contributed by atoms with van der Waals surface area (Å²) in [5.41, 5.74) is 2.35. The van der Waals surface area contributed by atoms with E-state index < -0.39 is 0 Å². The van der Waals surface area contributed by atoms with E-state index in [0.717, 1.165) is 11.4 Å². The molecule has 118 valence electrons. The van der Waals surface area contributed by atoms with Gasteiger partial charge in [-0.05, 0) is 37.1 Å². The van der Waals surface area contributed by atoms with Crippen LogP contribution in [-0.4, -0.2) is 16.2 Å². The monoisotopic (exact) mass is 308 g/mol. The lowest BCUT2D eigenvalue weighted by atomic mass is 10.2. The van der Waals surface area contributed by atoms with E-state index in [1.807, 2.05) is 54.0 Å². The lowest BCUT2D eigenvalue weighted by Gasteiger charge is -2.17. The number of para-hydroxylation sites is 1. The lowest BCUT2D eigenvalue weighted by Crippen LogP contribution is -2.15. The van der Waals surface area contributed by atoms with Gasteiger partial charge in [-0.15, -0.1) is 0 Å². The summed E-state index contributed by atoms with van der Waals surface area (Å²) in [5.74, 6) is 0.899. The topological polar surface area (TPSA) is 44.1 Å². The molecule has 0 aliphatic carbocycles. The van der Waals surface area contributed by atoms with Gasteiger partial charge in [0.2, 0.25) is 5.88 Å². The highest BCUT2D eigenvalue weighted by molar-refractivity contribution is 5.78. The minimum atomic E-state index is -0.0709. The maximum atomic E-state index is 12.4. The van der Waals surface area contributed by atoms with E-state index in [1.165, 1.54) is 0 Å². The van der Waals surface area contributed by atoms with Crippen molar-refractivity contribution < 1.29 is 4.74 Å². The largest absolute Gasteiger partial charge is 0.478 e. The molecule has 0 radical (unpaired) electrons. The first-order valence-electron chi connectivity index (χ1n) is 7.78. The second-order valence-electron chi connectivity index (χ2n) is 6.05. The third-order valence-corrected chi connectivity index (χ3v) is 3.55. The zero-order chi connectivity index (χ0) is 16.4. The molecule has 0 bridgehead atoms. The van der Waals surface area contributed by atoms with Gasteiger partial charge >= 0.3 is 0 Å². The average Bonchev–Trinajstić information content (AvgIpc) is 2.53. The van der Waals surface area contributed by atoms with Gasteiger partial charge < -0.3 is 4.74 Å². The Morgan fingerprint density at radius 3 is 2.57 bits per heavy atom. The summed E-state index contributed by atoms with van der Waals surface area (Å²) < 4.78 is 7.81. The zero-order valence-electron chi connectivity index (χ0n) is 13.6.